The van der Waals surface area contributed by atoms with Gasteiger partial charge in [0.15, 0.2) is 0 Å². The molecule has 0 bridgehead atoms. The van der Waals surface area contributed by atoms with Crippen molar-refractivity contribution in [1.82, 2.24) is 19.8 Å². The van der Waals surface area contributed by atoms with Crippen LogP contribution in [0, 0.1) is 22.7 Å². The Bertz CT molecular complexity index is 4820. The summed E-state index contributed by atoms with van der Waals surface area (Å²) in [4.78, 5) is 166. The van der Waals surface area contributed by atoms with Gasteiger partial charge in [0.1, 0.15) is 84.1 Å². The first-order valence-electron chi connectivity index (χ1n) is 31.4. The molecular weight excluding hydrogens is 1380 g/mol. The Morgan fingerprint density at radius 1 is 0.413 bits per heavy atom. The van der Waals surface area contributed by atoms with E-state index in [1.165, 1.54) is 26.0 Å². The van der Waals surface area contributed by atoms with Gasteiger partial charge < -0.3 is 37.9 Å². The molecule has 2 aromatic heterocycles. The van der Waals surface area contributed by atoms with E-state index in [-0.39, 0.29) is 55.0 Å². The molecule has 0 fully saturated rings. The van der Waals surface area contributed by atoms with Crippen molar-refractivity contribution in [3.63, 3.8) is 0 Å². The first-order valence-corrected chi connectivity index (χ1v) is 33.1. The SMILES string of the molecule is CC1=C(C#N)C(=O)N(C(=O)OCc2ccccc2)C(=O)C1=Nc1nc2c(s1)-c1cc3c(cc1C(C(=O)OCc1ccccc1)(C(=O)OCc1ccccc1)O2)-c1sc(N=C2C(=O)N(C(=O)OCc4ccccc4)C(=O)C(C#N)=C2C)nc1OC3(C(=O)OCc1ccccc1)C(=O)OCc1ccccc1. The van der Waals surface area contributed by atoms with Gasteiger partial charge in [0.05, 0.1) is 0 Å². The maximum absolute atomic E-state index is 15.8. The van der Waals surface area contributed by atoms with Crippen LogP contribution in [0.4, 0.5) is 19.9 Å². The molecule has 0 spiro atoms. The predicted molar refractivity (Wildman–Crippen MR) is 366 cm³/mol. The maximum atomic E-state index is 15.8. The third-order valence-corrected chi connectivity index (χ3v) is 18.5. The van der Waals surface area contributed by atoms with E-state index in [2.05, 4.69) is 20.0 Å². The molecule has 0 saturated carbocycles. The van der Waals surface area contributed by atoms with Crippen LogP contribution < -0.4 is 9.47 Å². The average molecular weight is 1430 g/mol. The quantitative estimate of drug-likeness (QED) is 0.0333. The second-order valence-corrected chi connectivity index (χ2v) is 25.1. The lowest BCUT2D eigenvalue weighted by atomic mass is 9.79. The standard InChI is InChI=1S/C76H50N8O18S2/c1-43-53(35-77)63(85)83(73(93)99-41-49-29-17-7-18-30-49)65(87)57(43)79-71-81-61-59(103-71)51-33-56-52(34-55(51)75(101-61,67(89)95-37-45-21-9-3-10-22-45)68(90)96-38-46-23-11-4-12-24-46)60-62(102-76(56,69(91)97-39-47-25-13-5-14-26-47)70(92)98-40-48-27-15-6-16-28-48)82-72(104-60)80-58-44(2)54(36-78)64(86)84(66(58)88)74(94)100-42-50-31-19-8-20-32-50/h3-34H,37-42H2,1-2H3. The molecule has 4 aliphatic heterocycles. The molecule has 13 rings (SSSR count). The van der Waals surface area contributed by atoms with Gasteiger partial charge in [-0.05, 0) is 59.4 Å². The number of esters is 4. The highest BCUT2D eigenvalue weighted by Crippen LogP contribution is 2.58. The number of hydrogen-bond acceptors (Lipinski definition) is 26. The molecule has 0 radical (unpaired) electrons. The zero-order valence-electron chi connectivity index (χ0n) is 54.5. The Hall–Kier alpha value is -13.7. The molecule has 514 valence electrons. The summed E-state index contributed by atoms with van der Waals surface area (Å²) in [5, 5.41) is 19.9. The minimum absolute atomic E-state index is 0.0993. The van der Waals surface area contributed by atoms with Gasteiger partial charge >= 0.3 is 47.3 Å². The lowest BCUT2D eigenvalue weighted by Crippen LogP contribution is -2.54. The molecule has 0 N–H and O–H groups in total. The Balaban J connectivity index is 1.04. The fraction of sp³-hybridized carbons (Fsp3) is 0.132. The molecular formula is C76H50N8O18S2. The van der Waals surface area contributed by atoms with Crippen LogP contribution in [0.5, 0.6) is 11.8 Å². The lowest BCUT2D eigenvalue weighted by Gasteiger charge is -2.38. The van der Waals surface area contributed by atoms with E-state index in [0.717, 1.165) is 0 Å². The van der Waals surface area contributed by atoms with Gasteiger partial charge in [0.25, 0.3) is 23.6 Å². The van der Waals surface area contributed by atoms with Crippen LogP contribution in [-0.4, -0.2) is 90.9 Å². The van der Waals surface area contributed by atoms with Crippen LogP contribution in [0.2, 0.25) is 0 Å². The van der Waals surface area contributed by atoms with Gasteiger partial charge in [-0.25, -0.2) is 38.8 Å². The first kappa shape index (κ1) is 68.8. The van der Waals surface area contributed by atoms with Gasteiger partial charge in [0.2, 0.25) is 22.0 Å². The van der Waals surface area contributed by atoms with Crippen LogP contribution in [0.15, 0.2) is 226 Å². The summed E-state index contributed by atoms with van der Waals surface area (Å²) in [6.07, 6.45) is -2.90. The summed E-state index contributed by atoms with van der Waals surface area (Å²) in [5.74, 6) is -12.2. The van der Waals surface area contributed by atoms with Crippen LogP contribution in [0.3, 0.4) is 0 Å². The number of amides is 6. The van der Waals surface area contributed by atoms with Gasteiger partial charge in [-0.3, -0.25) is 19.2 Å². The molecule has 104 heavy (non-hydrogen) atoms. The van der Waals surface area contributed by atoms with Crippen molar-refractivity contribution in [2.24, 2.45) is 9.98 Å². The number of imide groups is 6. The van der Waals surface area contributed by atoms with E-state index in [0.29, 0.717) is 56.1 Å². The van der Waals surface area contributed by atoms with Crippen LogP contribution in [0.25, 0.3) is 20.9 Å². The van der Waals surface area contributed by atoms with Crippen LogP contribution in [0.1, 0.15) is 58.4 Å². The number of carbonyl (C=O) groups excluding carboxylic acids is 10. The summed E-state index contributed by atoms with van der Waals surface area (Å²) >= 11 is 1.24. The normalized spacial score (nSPS) is 15.4. The van der Waals surface area contributed by atoms with Crippen molar-refractivity contribution in [1.29, 1.82) is 10.5 Å². The average Bonchev–Trinajstić information content (AvgIpc) is 1.22. The summed E-state index contributed by atoms with van der Waals surface area (Å²) in [7, 11) is 0. The number of fused-ring (bicyclic) bond motifs is 6. The number of nitriles is 2. The number of nitrogens with zero attached hydrogens (tertiary/aromatic N) is 8. The molecule has 4 aliphatic rings. The van der Waals surface area contributed by atoms with Crippen molar-refractivity contribution < 1.29 is 85.8 Å². The topological polar surface area (TPSA) is 349 Å². The van der Waals surface area contributed by atoms with E-state index in [1.807, 2.05) is 0 Å². The summed E-state index contributed by atoms with van der Waals surface area (Å²) < 4.78 is 48.4. The molecule has 0 saturated heterocycles. The van der Waals surface area contributed by atoms with Crippen LogP contribution >= 0.6 is 22.7 Å². The highest BCUT2D eigenvalue weighted by atomic mass is 32.1. The van der Waals surface area contributed by atoms with E-state index >= 15 is 19.2 Å². The minimum atomic E-state index is -3.15. The first-order chi connectivity index (χ1) is 50.4. The number of benzene rings is 7. The van der Waals surface area contributed by atoms with Crippen molar-refractivity contribution >= 4 is 104 Å². The number of thiazole rings is 2. The third kappa shape index (κ3) is 13.1. The van der Waals surface area contributed by atoms with Crippen molar-refractivity contribution in [3.8, 4) is 44.8 Å². The van der Waals surface area contributed by atoms with Crippen molar-refractivity contribution in [2.45, 2.75) is 64.7 Å². The van der Waals surface area contributed by atoms with E-state index < -0.39 is 153 Å². The highest BCUT2D eigenvalue weighted by molar-refractivity contribution is 7.19. The number of ether oxygens (including phenoxy) is 8. The predicted octanol–water partition coefficient (Wildman–Crippen LogP) is 11.3. The van der Waals surface area contributed by atoms with E-state index in [9.17, 15) is 39.3 Å². The highest BCUT2D eigenvalue weighted by Gasteiger charge is 2.63. The Morgan fingerprint density at radius 2 is 0.673 bits per heavy atom. The van der Waals surface area contributed by atoms with Gasteiger partial charge in [-0.15, -0.1) is 0 Å². The molecule has 0 unspecified atom stereocenters. The Labute approximate surface area is 597 Å². The van der Waals surface area contributed by atoms with E-state index in [4.69, 9.17) is 37.9 Å². The summed E-state index contributed by atoms with van der Waals surface area (Å²) in [6.45, 7) is -0.295. The lowest BCUT2D eigenvalue weighted by molar-refractivity contribution is -0.185. The number of rotatable bonds is 18. The summed E-state index contributed by atoms with van der Waals surface area (Å²) in [5.41, 5.74) is -8.23. The molecule has 26 nitrogen and oxygen atoms in total. The monoisotopic (exact) mass is 1430 g/mol. The van der Waals surface area contributed by atoms with Crippen molar-refractivity contribution in [3.05, 3.63) is 261 Å². The molecule has 9 aromatic rings. The molecule has 6 heterocycles. The van der Waals surface area contributed by atoms with Gasteiger partial charge in [0, 0.05) is 33.4 Å². The smallest absolute Gasteiger partial charge is 0.424 e. The zero-order chi connectivity index (χ0) is 72.8. The minimum Gasteiger partial charge on any atom is -0.457 e. The van der Waals surface area contributed by atoms with Crippen molar-refractivity contribution in [2.75, 3.05) is 0 Å². The van der Waals surface area contributed by atoms with Gasteiger partial charge in [-0.1, -0.05) is 205 Å². The Morgan fingerprint density at radius 3 is 0.933 bits per heavy atom. The maximum Gasteiger partial charge on any atom is 0.424 e. The summed E-state index contributed by atoms with van der Waals surface area (Å²) in [6, 6.07) is 55.8. The molecule has 6 amide bonds. The largest absolute Gasteiger partial charge is 0.457 e. The number of aromatic nitrogens is 2. The number of hydrogen-bond donors (Lipinski definition) is 0. The second-order valence-electron chi connectivity index (χ2n) is 23.1. The molecule has 28 heteroatoms. The van der Waals surface area contributed by atoms with Gasteiger partial charge in [-0.2, -0.15) is 30.3 Å². The number of carbonyl (C=O) groups is 10. The Kier molecular flexibility index (Phi) is 19.3. The fourth-order valence-corrected chi connectivity index (χ4v) is 13.1. The molecule has 0 aliphatic carbocycles. The zero-order valence-corrected chi connectivity index (χ0v) is 56.1. The molecule has 0 atom stereocenters. The van der Waals surface area contributed by atoms with Crippen LogP contribution in [-0.2, 0) is 118 Å². The number of aliphatic imine (C=N–C) groups is 2. The van der Waals surface area contributed by atoms with E-state index in [1.54, 1.807) is 194 Å². The third-order valence-electron chi connectivity index (χ3n) is 16.6. The molecule has 7 aromatic carbocycles. The fourth-order valence-electron chi connectivity index (χ4n) is 11.3. The second kappa shape index (κ2) is 29.2.